The fraction of sp³-hybridized carbons (Fsp3) is 0.667. The summed E-state index contributed by atoms with van der Waals surface area (Å²) < 4.78 is 80.3. The van der Waals surface area contributed by atoms with Crippen LogP contribution in [-0.2, 0) is 26.3 Å². The van der Waals surface area contributed by atoms with Crippen molar-refractivity contribution in [1.82, 2.24) is 25.3 Å². The van der Waals surface area contributed by atoms with Crippen LogP contribution in [0.5, 0.6) is 0 Å². The van der Waals surface area contributed by atoms with E-state index in [0.29, 0.717) is 49.3 Å². The van der Waals surface area contributed by atoms with Crippen molar-refractivity contribution in [3.63, 3.8) is 0 Å². The van der Waals surface area contributed by atoms with Crippen LogP contribution >= 0.6 is 0 Å². The highest BCUT2D eigenvalue weighted by Gasteiger charge is 2.55. The number of nitrogens with one attached hydrogen (secondary N) is 3. The Morgan fingerprint density at radius 2 is 1.71 bits per heavy atom. The minimum Gasteiger partial charge on any atom is -0.348 e. The number of rotatable bonds is 17. The lowest BCUT2D eigenvalue weighted by atomic mass is 9.85. The van der Waals surface area contributed by atoms with Crippen molar-refractivity contribution in [3.05, 3.63) is 47.5 Å². The molecule has 3 fully saturated rings. The van der Waals surface area contributed by atoms with Gasteiger partial charge >= 0.3 is 6.18 Å². The Bertz CT molecular complexity index is 1590. The molecule has 55 heavy (non-hydrogen) atoms. The van der Waals surface area contributed by atoms with Crippen molar-refractivity contribution in [1.29, 1.82) is 0 Å². The highest BCUT2D eigenvalue weighted by molar-refractivity contribution is 5.92. The van der Waals surface area contributed by atoms with E-state index in [1.54, 1.807) is 36.9 Å². The monoisotopic (exact) mass is 784 g/mol. The molecule has 2 aromatic rings. The molecule has 0 spiro atoms. The van der Waals surface area contributed by atoms with E-state index in [9.17, 15) is 45.5 Å². The molecule has 2 heterocycles. The summed E-state index contributed by atoms with van der Waals surface area (Å²) >= 11 is 0. The van der Waals surface area contributed by atoms with Crippen molar-refractivity contribution in [3.8, 4) is 0 Å². The molecule has 1 aliphatic heterocycles. The van der Waals surface area contributed by atoms with Gasteiger partial charge in [-0.2, -0.15) is 18.3 Å². The average Bonchev–Trinajstić information content (AvgIpc) is 3.80. The Kier molecular flexibility index (Phi) is 15.6. The highest BCUT2D eigenvalue weighted by atomic mass is 19.4. The molecule has 1 aromatic heterocycles. The fourth-order valence-corrected chi connectivity index (χ4v) is 7.37. The number of hydrogen-bond donors (Lipinski definition) is 3. The zero-order chi connectivity index (χ0) is 40.3. The summed E-state index contributed by atoms with van der Waals surface area (Å²) in [5.41, 5.74) is 0.371. The standard InChI is InChI=1S/C21H26F3N3O3.C18H28F3N3O/c1-2-17(29)26-18(20(30)27-9-5-13(6-10-27)19(23)24)21(7-8-21)14-3-4-16(25-12-28)15(22)11-14;1-3-15(18(19,20)21)9-4-6-13(2)23-17(25)16-10-11-22-24(16)12-14-7-5-8-14/h3-4,11-13,18-19H,2,5-10H2,1H3,(H,25,28)(H,26,29);10-11,13-15H,3-9,12H2,1-2H3,(H,23,25). The number of anilines is 1. The van der Waals surface area contributed by atoms with Crippen LogP contribution in [0, 0.1) is 23.6 Å². The van der Waals surface area contributed by atoms with Crippen LogP contribution in [0.1, 0.15) is 114 Å². The van der Waals surface area contributed by atoms with Crippen LogP contribution in [0.4, 0.5) is 32.0 Å². The number of nitrogens with zero attached hydrogens (tertiary/aromatic N) is 3. The molecule has 3 aliphatic rings. The molecule has 306 valence electrons. The first-order valence-electron chi connectivity index (χ1n) is 19.4. The molecule has 16 heteroatoms. The first kappa shape index (κ1) is 43.6. The second kappa shape index (κ2) is 19.7. The maximum absolute atomic E-state index is 14.4. The van der Waals surface area contributed by atoms with E-state index in [4.69, 9.17) is 0 Å². The lowest BCUT2D eigenvalue weighted by molar-refractivity contribution is -0.177. The highest BCUT2D eigenvalue weighted by Crippen LogP contribution is 2.52. The van der Waals surface area contributed by atoms with E-state index in [-0.39, 0.29) is 74.6 Å². The van der Waals surface area contributed by atoms with Gasteiger partial charge in [-0.05, 0) is 94.4 Å². The summed E-state index contributed by atoms with van der Waals surface area (Å²) in [5, 5.41) is 12.2. The summed E-state index contributed by atoms with van der Waals surface area (Å²) in [6.45, 7) is 6.24. The van der Waals surface area contributed by atoms with Gasteiger partial charge in [-0.15, -0.1) is 0 Å². The van der Waals surface area contributed by atoms with Crippen LogP contribution in [0.3, 0.4) is 0 Å². The van der Waals surface area contributed by atoms with Gasteiger partial charge in [0.15, 0.2) is 0 Å². The Hall–Kier alpha value is -4.11. The number of piperidine rings is 1. The van der Waals surface area contributed by atoms with Crippen LogP contribution in [0.25, 0.3) is 0 Å². The number of halogens is 6. The largest absolute Gasteiger partial charge is 0.391 e. The summed E-state index contributed by atoms with van der Waals surface area (Å²) in [4.78, 5) is 50.0. The lowest BCUT2D eigenvalue weighted by Crippen LogP contribution is -2.56. The molecule has 2 saturated carbocycles. The van der Waals surface area contributed by atoms with Gasteiger partial charge in [0.05, 0.1) is 11.6 Å². The quantitative estimate of drug-likeness (QED) is 0.114. The topological polar surface area (TPSA) is 125 Å². The molecular formula is C39H54F6N6O4. The molecule has 3 N–H and O–H groups in total. The molecule has 1 aromatic carbocycles. The average molecular weight is 785 g/mol. The predicted octanol–water partition coefficient (Wildman–Crippen LogP) is 7.38. The number of benzene rings is 1. The van der Waals surface area contributed by atoms with E-state index >= 15 is 0 Å². The number of carbonyl (C=O) groups excluding carboxylic acids is 4. The molecule has 0 bridgehead atoms. The molecule has 1 saturated heterocycles. The van der Waals surface area contributed by atoms with Gasteiger partial charge in [0.25, 0.3) is 5.91 Å². The minimum atomic E-state index is -4.13. The molecular weight excluding hydrogens is 730 g/mol. The number of aromatic nitrogens is 2. The zero-order valence-electron chi connectivity index (χ0n) is 31.8. The van der Waals surface area contributed by atoms with Crippen LogP contribution in [0.2, 0.25) is 0 Å². The first-order valence-corrected chi connectivity index (χ1v) is 19.4. The number of likely N-dealkylation sites (tertiary alicyclic amines) is 1. The fourth-order valence-electron chi connectivity index (χ4n) is 7.37. The maximum Gasteiger partial charge on any atom is 0.391 e. The summed E-state index contributed by atoms with van der Waals surface area (Å²) in [6, 6.07) is 4.99. The van der Waals surface area contributed by atoms with E-state index in [2.05, 4.69) is 21.0 Å². The third-order valence-electron chi connectivity index (χ3n) is 11.3. The molecule has 3 atom stereocenters. The van der Waals surface area contributed by atoms with Gasteiger partial charge in [0.1, 0.15) is 17.6 Å². The molecule has 5 rings (SSSR count). The van der Waals surface area contributed by atoms with Crippen LogP contribution in [0.15, 0.2) is 30.5 Å². The molecule has 3 unspecified atom stereocenters. The van der Waals surface area contributed by atoms with Crippen molar-refractivity contribution in [2.24, 2.45) is 17.8 Å². The smallest absolute Gasteiger partial charge is 0.348 e. The maximum atomic E-state index is 14.4. The van der Waals surface area contributed by atoms with Gasteiger partial charge in [0.2, 0.25) is 24.6 Å². The van der Waals surface area contributed by atoms with E-state index in [0.717, 1.165) is 6.54 Å². The second-order valence-electron chi connectivity index (χ2n) is 15.1. The van der Waals surface area contributed by atoms with Gasteiger partial charge < -0.3 is 20.9 Å². The summed E-state index contributed by atoms with van der Waals surface area (Å²) in [5.74, 6) is -2.83. The number of amides is 4. The van der Waals surface area contributed by atoms with Gasteiger partial charge in [0, 0.05) is 49.6 Å². The van der Waals surface area contributed by atoms with E-state index in [1.165, 1.54) is 36.3 Å². The van der Waals surface area contributed by atoms with Gasteiger partial charge in [-0.3, -0.25) is 23.9 Å². The zero-order valence-corrected chi connectivity index (χ0v) is 31.8. The third kappa shape index (κ3) is 11.7. The minimum absolute atomic E-state index is 0.0269. The SMILES string of the molecule is CCC(=O)NC(C(=O)N1CCC(C(F)F)CC1)C1(c2ccc(NC=O)c(F)c2)CC1.CCC(CCCC(C)NC(=O)c1ccnn1CC1CCC1)C(F)(F)F. The predicted molar refractivity (Wildman–Crippen MR) is 195 cm³/mol. The Labute approximate surface area is 318 Å². The summed E-state index contributed by atoms with van der Waals surface area (Å²) in [6.07, 6.45) is 2.02. The van der Waals surface area contributed by atoms with Crippen molar-refractivity contribution >= 4 is 29.8 Å². The van der Waals surface area contributed by atoms with Crippen LogP contribution < -0.4 is 16.0 Å². The first-order chi connectivity index (χ1) is 26.1. The number of alkyl halides is 5. The van der Waals surface area contributed by atoms with Gasteiger partial charge in [-0.1, -0.05) is 32.8 Å². The Balaban J connectivity index is 0.000000249. The molecule has 2 aliphatic carbocycles. The van der Waals surface area contributed by atoms with E-state index in [1.807, 2.05) is 6.92 Å². The molecule has 4 amide bonds. The Morgan fingerprint density at radius 3 is 2.24 bits per heavy atom. The molecule has 0 radical (unpaired) electrons. The van der Waals surface area contributed by atoms with Gasteiger partial charge in [-0.25, -0.2) is 13.2 Å². The van der Waals surface area contributed by atoms with E-state index < -0.39 is 41.7 Å². The normalized spacial score (nSPS) is 18.6. The Morgan fingerprint density at radius 1 is 1.02 bits per heavy atom. The lowest BCUT2D eigenvalue weighted by Gasteiger charge is -2.37. The van der Waals surface area contributed by atoms with Crippen molar-refractivity contribution in [2.45, 2.75) is 134 Å². The van der Waals surface area contributed by atoms with Crippen molar-refractivity contribution in [2.75, 3.05) is 18.4 Å². The second-order valence-corrected chi connectivity index (χ2v) is 15.1. The van der Waals surface area contributed by atoms with Crippen LogP contribution in [-0.4, -0.2) is 76.6 Å². The summed E-state index contributed by atoms with van der Waals surface area (Å²) in [7, 11) is 0. The number of hydrogen-bond acceptors (Lipinski definition) is 5. The van der Waals surface area contributed by atoms with Crippen molar-refractivity contribution < 1.29 is 45.5 Å². The number of carbonyl (C=O) groups is 4. The molecule has 10 nitrogen and oxygen atoms in total. The third-order valence-corrected chi connectivity index (χ3v) is 11.3.